The third-order valence-corrected chi connectivity index (χ3v) is 7.54. The van der Waals surface area contributed by atoms with Crippen molar-refractivity contribution in [3.8, 4) is 0 Å². The van der Waals surface area contributed by atoms with E-state index in [1.807, 2.05) is 6.92 Å². The fraction of sp³-hybridized carbons (Fsp3) is 0.650. The summed E-state index contributed by atoms with van der Waals surface area (Å²) in [7, 11) is 0. The molecule has 0 saturated carbocycles. The van der Waals surface area contributed by atoms with E-state index < -0.39 is 17.2 Å². The maximum absolute atomic E-state index is 11.6. The number of nitrogens with one attached hydrogen (secondary N) is 1. The van der Waals surface area contributed by atoms with Crippen LogP contribution in [-0.2, 0) is 9.53 Å². The summed E-state index contributed by atoms with van der Waals surface area (Å²) in [5, 5.41) is 15.2. The minimum absolute atomic E-state index is 0.122. The Kier molecular flexibility index (Phi) is 4.84. The van der Waals surface area contributed by atoms with Crippen LogP contribution in [0.4, 0.5) is 5.82 Å². The van der Waals surface area contributed by atoms with Gasteiger partial charge in [-0.25, -0.2) is 9.97 Å². The highest BCUT2D eigenvalue weighted by Crippen LogP contribution is 2.42. The van der Waals surface area contributed by atoms with Crippen LogP contribution in [0.1, 0.15) is 43.6 Å². The van der Waals surface area contributed by atoms with Gasteiger partial charge in [-0.3, -0.25) is 4.79 Å². The number of hydrogen-bond acceptors (Lipinski definition) is 7. The zero-order chi connectivity index (χ0) is 20.1. The van der Waals surface area contributed by atoms with E-state index in [-0.39, 0.29) is 5.91 Å². The zero-order valence-electron chi connectivity index (χ0n) is 16.9. The Morgan fingerprint density at radius 2 is 2.04 bits per heavy atom. The van der Waals surface area contributed by atoms with Gasteiger partial charge in [0.05, 0.1) is 16.5 Å². The molecule has 2 N–H and O–H groups in total. The first-order valence-electron chi connectivity index (χ1n) is 9.82. The third-order valence-electron chi connectivity index (χ3n) is 6.43. The van der Waals surface area contributed by atoms with Crippen LogP contribution in [0.15, 0.2) is 6.33 Å². The highest BCUT2D eigenvalue weighted by molar-refractivity contribution is 7.18. The fourth-order valence-corrected chi connectivity index (χ4v) is 5.71. The van der Waals surface area contributed by atoms with Crippen molar-refractivity contribution in [3.05, 3.63) is 16.8 Å². The molecule has 2 aliphatic heterocycles. The van der Waals surface area contributed by atoms with Gasteiger partial charge in [0.1, 0.15) is 23.1 Å². The summed E-state index contributed by atoms with van der Waals surface area (Å²) < 4.78 is 6.14. The summed E-state index contributed by atoms with van der Waals surface area (Å²) in [6.07, 6.45) is 2.89. The average molecular weight is 405 g/mol. The van der Waals surface area contributed by atoms with Crippen molar-refractivity contribution in [1.29, 1.82) is 0 Å². The Bertz CT molecular complexity index is 906. The van der Waals surface area contributed by atoms with Gasteiger partial charge in [-0.05, 0) is 45.6 Å². The predicted octanol–water partition coefficient (Wildman–Crippen LogP) is 2.32. The van der Waals surface area contributed by atoms with Crippen LogP contribution in [0.2, 0.25) is 0 Å². The molecular weight excluding hydrogens is 376 g/mol. The largest absolute Gasteiger partial charge is 0.388 e. The maximum atomic E-state index is 11.6. The van der Waals surface area contributed by atoms with E-state index in [2.05, 4.69) is 34.0 Å². The second kappa shape index (κ2) is 6.93. The molecule has 4 rings (SSSR count). The van der Waals surface area contributed by atoms with Crippen molar-refractivity contribution in [2.45, 2.75) is 64.2 Å². The van der Waals surface area contributed by atoms with Crippen molar-refractivity contribution >= 4 is 33.3 Å². The van der Waals surface area contributed by atoms with E-state index in [4.69, 9.17) is 4.74 Å². The molecule has 2 fully saturated rings. The number of carbonyl (C=O) groups excluding carboxylic acids is 1. The molecular formula is C20H28N4O3S. The summed E-state index contributed by atoms with van der Waals surface area (Å²) >= 11 is 1.70. The van der Waals surface area contributed by atoms with Crippen LogP contribution in [-0.4, -0.2) is 57.9 Å². The van der Waals surface area contributed by atoms with Crippen molar-refractivity contribution in [3.63, 3.8) is 0 Å². The number of thiophene rings is 1. The standard InChI is InChI=1S/C20H28N4O3S/c1-12-13(2)28-17-15(12)16(21-11-22-17)24-8-5-20(6-9-24)18(26)19(4,7-10-27-20)23-14(3)25/h11,18,26H,5-10H2,1-4H3,(H,23,25)/t18-,19+/m1/s1. The van der Waals surface area contributed by atoms with Gasteiger partial charge in [-0.2, -0.15) is 0 Å². The molecule has 28 heavy (non-hydrogen) atoms. The Morgan fingerprint density at radius 3 is 2.71 bits per heavy atom. The number of carbonyl (C=O) groups is 1. The van der Waals surface area contributed by atoms with E-state index in [9.17, 15) is 9.90 Å². The lowest BCUT2D eigenvalue weighted by Gasteiger charge is -2.53. The summed E-state index contributed by atoms with van der Waals surface area (Å²) in [5.41, 5.74) is -0.0456. The van der Waals surface area contributed by atoms with Crippen molar-refractivity contribution < 1.29 is 14.6 Å². The van der Waals surface area contributed by atoms with Crippen LogP contribution in [0.25, 0.3) is 10.2 Å². The predicted molar refractivity (Wildman–Crippen MR) is 110 cm³/mol. The number of aliphatic hydroxyl groups excluding tert-OH is 1. The third kappa shape index (κ3) is 3.07. The number of aryl methyl sites for hydroxylation is 2. The summed E-state index contributed by atoms with van der Waals surface area (Å²) in [4.78, 5) is 25.2. The molecule has 2 atom stereocenters. The van der Waals surface area contributed by atoms with Crippen LogP contribution in [0.5, 0.6) is 0 Å². The average Bonchev–Trinajstić information content (AvgIpc) is 2.94. The highest BCUT2D eigenvalue weighted by Gasteiger charge is 2.53. The first-order chi connectivity index (χ1) is 13.3. The number of fused-ring (bicyclic) bond motifs is 1. The second-order valence-electron chi connectivity index (χ2n) is 8.31. The van der Waals surface area contributed by atoms with Gasteiger partial charge in [0, 0.05) is 31.5 Å². The first-order valence-corrected chi connectivity index (χ1v) is 10.6. The van der Waals surface area contributed by atoms with Gasteiger partial charge in [-0.15, -0.1) is 11.3 Å². The van der Waals surface area contributed by atoms with Gasteiger partial charge < -0.3 is 20.1 Å². The number of ether oxygens (including phenoxy) is 1. The number of anilines is 1. The molecule has 1 amide bonds. The molecule has 0 aliphatic carbocycles. The van der Waals surface area contributed by atoms with Gasteiger partial charge in [0.2, 0.25) is 5.91 Å². The molecule has 2 saturated heterocycles. The van der Waals surface area contributed by atoms with Crippen molar-refractivity contribution in [2.24, 2.45) is 0 Å². The Morgan fingerprint density at radius 1 is 1.32 bits per heavy atom. The summed E-state index contributed by atoms with van der Waals surface area (Å²) in [6.45, 7) is 9.68. The molecule has 0 unspecified atom stereocenters. The van der Waals surface area contributed by atoms with E-state index >= 15 is 0 Å². The molecule has 7 nitrogen and oxygen atoms in total. The second-order valence-corrected chi connectivity index (χ2v) is 9.52. The Hall–Kier alpha value is -1.77. The SMILES string of the molecule is CC(=O)N[C@@]1(C)CCOC2(CCN(c3ncnc4sc(C)c(C)c34)CC2)[C@@H]1O. The van der Waals surface area contributed by atoms with Crippen LogP contribution >= 0.6 is 11.3 Å². The number of aliphatic hydroxyl groups is 1. The minimum Gasteiger partial charge on any atom is -0.388 e. The Labute approximate surface area is 169 Å². The molecule has 1 spiro atoms. The van der Waals surface area contributed by atoms with Gasteiger partial charge in [-0.1, -0.05) is 0 Å². The minimum atomic E-state index is -0.740. The molecule has 2 aliphatic rings. The number of piperidine rings is 1. The lowest BCUT2D eigenvalue weighted by Crippen LogP contribution is -2.69. The van der Waals surface area contributed by atoms with Crippen LogP contribution in [0.3, 0.4) is 0 Å². The smallest absolute Gasteiger partial charge is 0.217 e. The summed E-state index contributed by atoms with van der Waals surface area (Å²) in [6, 6.07) is 0. The van der Waals surface area contributed by atoms with Gasteiger partial charge in [0.15, 0.2) is 0 Å². The lowest BCUT2D eigenvalue weighted by molar-refractivity contribution is -0.198. The molecule has 0 bridgehead atoms. The number of amides is 1. The fourth-order valence-electron chi connectivity index (χ4n) is 4.71. The normalized spacial score (nSPS) is 27.3. The monoisotopic (exact) mass is 404 g/mol. The quantitative estimate of drug-likeness (QED) is 0.799. The lowest BCUT2D eigenvalue weighted by atomic mass is 9.73. The first kappa shape index (κ1) is 19.5. The number of hydrogen-bond donors (Lipinski definition) is 2. The number of nitrogens with zero attached hydrogens (tertiary/aromatic N) is 3. The van der Waals surface area contributed by atoms with E-state index in [0.29, 0.717) is 25.9 Å². The van der Waals surface area contributed by atoms with Crippen LogP contribution < -0.4 is 10.2 Å². The molecule has 2 aromatic rings. The van der Waals surface area contributed by atoms with Gasteiger partial charge >= 0.3 is 0 Å². The van der Waals surface area contributed by atoms with Crippen LogP contribution in [0, 0.1) is 13.8 Å². The van der Waals surface area contributed by atoms with Crippen molar-refractivity contribution in [2.75, 3.05) is 24.6 Å². The van der Waals surface area contributed by atoms with Gasteiger partial charge in [0.25, 0.3) is 0 Å². The van der Waals surface area contributed by atoms with Crippen molar-refractivity contribution in [1.82, 2.24) is 15.3 Å². The molecule has 0 aromatic carbocycles. The summed E-state index contributed by atoms with van der Waals surface area (Å²) in [5.74, 6) is 0.847. The molecule has 2 aromatic heterocycles. The Balaban J connectivity index is 1.57. The molecule has 8 heteroatoms. The van der Waals surface area contributed by atoms with E-state index in [1.54, 1.807) is 17.7 Å². The molecule has 0 radical (unpaired) electrons. The maximum Gasteiger partial charge on any atom is 0.217 e. The van der Waals surface area contributed by atoms with E-state index in [1.165, 1.54) is 17.4 Å². The van der Waals surface area contributed by atoms with E-state index in [0.717, 1.165) is 29.1 Å². The highest BCUT2D eigenvalue weighted by atomic mass is 32.1. The molecule has 4 heterocycles. The topological polar surface area (TPSA) is 87.6 Å². The molecule has 152 valence electrons. The number of rotatable bonds is 2. The zero-order valence-corrected chi connectivity index (χ0v) is 17.7. The number of aromatic nitrogens is 2.